The molecule has 0 aliphatic carbocycles. The first kappa shape index (κ1) is 18.5. The van der Waals surface area contributed by atoms with E-state index in [1.54, 1.807) is 37.4 Å². The van der Waals surface area contributed by atoms with E-state index in [-0.39, 0.29) is 24.3 Å². The smallest absolute Gasteiger partial charge is 0.325 e. The Morgan fingerprint density at radius 3 is 2.52 bits per heavy atom. The number of methoxy groups -OCH3 is 2. The maximum absolute atomic E-state index is 13.1. The molecule has 0 atom stereocenters. The lowest BCUT2D eigenvalue weighted by Crippen LogP contribution is -2.37. The lowest BCUT2D eigenvalue weighted by molar-refractivity contribution is -0.116. The average Bonchev–Trinajstić information content (AvgIpc) is 3.03. The van der Waals surface area contributed by atoms with E-state index in [1.807, 2.05) is 0 Å². The third-order valence-electron chi connectivity index (χ3n) is 4.25. The summed E-state index contributed by atoms with van der Waals surface area (Å²) in [5, 5.41) is 2.74. The Morgan fingerprint density at radius 2 is 1.85 bits per heavy atom. The standard InChI is InChI=1S/C19H20FN3O4/c1-26-15-7-8-16(17(11-15)27-2)21-18(24)12-22-9-10-23(19(22)25)14-5-3-13(20)4-6-14/h3-8,11H,9-10,12H2,1-2H3,(H,21,24). The summed E-state index contributed by atoms with van der Waals surface area (Å²) in [4.78, 5) is 27.8. The van der Waals surface area contributed by atoms with Crippen LogP contribution >= 0.6 is 0 Å². The first-order valence-electron chi connectivity index (χ1n) is 8.35. The van der Waals surface area contributed by atoms with Crippen molar-refractivity contribution < 1.29 is 23.5 Å². The first-order chi connectivity index (χ1) is 13.0. The zero-order valence-electron chi connectivity index (χ0n) is 15.1. The van der Waals surface area contributed by atoms with Crippen LogP contribution in [0.5, 0.6) is 11.5 Å². The summed E-state index contributed by atoms with van der Waals surface area (Å²) in [5.41, 5.74) is 1.09. The Hall–Kier alpha value is -3.29. The molecule has 1 fully saturated rings. The molecule has 8 heteroatoms. The fourth-order valence-corrected chi connectivity index (χ4v) is 2.85. The van der Waals surface area contributed by atoms with Crippen molar-refractivity contribution in [3.8, 4) is 11.5 Å². The Morgan fingerprint density at radius 1 is 1.11 bits per heavy atom. The van der Waals surface area contributed by atoms with Gasteiger partial charge in [0.05, 0.1) is 19.9 Å². The normalized spacial score (nSPS) is 13.7. The van der Waals surface area contributed by atoms with Crippen molar-refractivity contribution in [3.63, 3.8) is 0 Å². The molecule has 0 aromatic heterocycles. The van der Waals surface area contributed by atoms with Crippen LogP contribution in [0.15, 0.2) is 42.5 Å². The molecule has 0 radical (unpaired) electrons. The Balaban J connectivity index is 1.63. The van der Waals surface area contributed by atoms with Gasteiger partial charge in [0.25, 0.3) is 0 Å². The fraction of sp³-hybridized carbons (Fsp3) is 0.263. The lowest BCUT2D eigenvalue weighted by atomic mass is 10.2. The number of ether oxygens (including phenoxy) is 2. The van der Waals surface area contributed by atoms with Gasteiger partial charge in [0, 0.05) is 24.8 Å². The van der Waals surface area contributed by atoms with Crippen LogP contribution in [0.3, 0.4) is 0 Å². The van der Waals surface area contributed by atoms with E-state index < -0.39 is 0 Å². The van der Waals surface area contributed by atoms with Crippen LogP contribution in [0.4, 0.5) is 20.6 Å². The van der Waals surface area contributed by atoms with E-state index >= 15 is 0 Å². The predicted molar refractivity (Wildman–Crippen MR) is 98.9 cm³/mol. The predicted octanol–water partition coefficient (Wildman–Crippen LogP) is 2.72. The summed E-state index contributed by atoms with van der Waals surface area (Å²) >= 11 is 0. The molecule has 0 bridgehead atoms. The quantitative estimate of drug-likeness (QED) is 0.845. The van der Waals surface area contributed by atoms with Gasteiger partial charge >= 0.3 is 6.03 Å². The Bertz CT molecular complexity index is 841. The van der Waals surface area contributed by atoms with Crippen molar-refractivity contribution in [3.05, 3.63) is 48.3 Å². The van der Waals surface area contributed by atoms with E-state index in [0.29, 0.717) is 36.0 Å². The van der Waals surface area contributed by atoms with Crippen LogP contribution in [0.25, 0.3) is 0 Å². The van der Waals surface area contributed by atoms with E-state index in [1.165, 1.54) is 29.0 Å². The van der Waals surface area contributed by atoms with Crippen LogP contribution in [0.1, 0.15) is 0 Å². The minimum atomic E-state index is -0.366. The number of nitrogens with zero attached hydrogens (tertiary/aromatic N) is 2. The molecule has 2 aromatic carbocycles. The topological polar surface area (TPSA) is 71.1 Å². The number of hydrogen-bond acceptors (Lipinski definition) is 4. The van der Waals surface area contributed by atoms with Crippen LogP contribution in [-0.4, -0.2) is 50.7 Å². The van der Waals surface area contributed by atoms with Gasteiger partial charge in [-0.3, -0.25) is 9.69 Å². The molecule has 1 aliphatic rings. The Labute approximate surface area is 156 Å². The first-order valence-corrected chi connectivity index (χ1v) is 8.35. The fourth-order valence-electron chi connectivity index (χ4n) is 2.85. The van der Waals surface area contributed by atoms with Crippen molar-refractivity contribution in [1.82, 2.24) is 4.90 Å². The van der Waals surface area contributed by atoms with Gasteiger partial charge < -0.3 is 19.7 Å². The number of anilines is 2. The van der Waals surface area contributed by atoms with Crippen molar-refractivity contribution in [2.45, 2.75) is 0 Å². The molecule has 3 amide bonds. The van der Waals surface area contributed by atoms with Crippen LogP contribution < -0.4 is 19.7 Å². The third-order valence-corrected chi connectivity index (χ3v) is 4.25. The van der Waals surface area contributed by atoms with Gasteiger partial charge in [-0.15, -0.1) is 0 Å². The minimum absolute atomic E-state index is 0.0916. The van der Waals surface area contributed by atoms with E-state index in [9.17, 15) is 14.0 Å². The molecule has 1 aliphatic heterocycles. The van der Waals surface area contributed by atoms with Crippen LogP contribution in [0, 0.1) is 5.82 Å². The highest BCUT2D eigenvalue weighted by molar-refractivity contribution is 5.99. The van der Waals surface area contributed by atoms with E-state index in [4.69, 9.17) is 9.47 Å². The lowest BCUT2D eigenvalue weighted by Gasteiger charge is -2.19. The molecule has 0 spiro atoms. The molecular weight excluding hydrogens is 353 g/mol. The van der Waals surface area contributed by atoms with Crippen LogP contribution in [-0.2, 0) is 4.79 Å². The zero-order chi connectivity index (χ0) is 19.4. The molecule has 142 valence electrons. The molecule has 0 unspecified atom stereocenters. The number of hydrogen-bond donors (Lipinski definition) is 1. The number of benzene rings is 2. The van der Waals surface area contributed by atoms with E-state index in [0.717, 1.165) is 0 Å². The molecule has 0 saturated carbocycles. The molecule has 1 heterocycles. The number of nitrogens with one attached hydrogen (secondary N) is 1. The van der Waals surface area contributed by atoms with Crippen molar-refractivity contribution in [2.75, 3.05) is 44.1 Å². The molecule has 7 nitrogen and oxygen atoms in total. The summed E-state index contributed by atoms with van der Waals surface area (Å²) in [6, 6.07) is 10.4. The number of carbonyl (C=O) groups is 2. The molecular formula is C19H20FN3O4. The second-order valence-electron chi connectivity index (χ2n) is 5.95. The van der Waals surface area contributed by atoms with Gasteiger partial charge in [-0.05, 0) is 36.4 Å². The SMILES string of the molecule is COc1ccc(NC(=O)CN2CCN(c3ccc(F)cc3)C2=O)c(OC)c1. The minimum Gasteiger partial charge on any atom is -0.497 e. The average molecular weight is 373 g/mol. The Kier molecular flexibility index (Phi) is 5.44. The van der Waals surface area contributed by atoms with Crippen LogP contribution in [0.2, 0.25) is 0 Å². The maximum Gasteiger partial charge on any atom is 0.325 e. The molecule has 1 N–H and O–H groups in total. The van der Waals surface area contributed by atoms with Crippen molar-refractivity contribution >= 4 is 23.3 Å². The number of urea groups is 1. The van der Waals surface area contributed by atoms with Gasteiger partial charge in [-0.25, -0.2) is 9.18 Å². The summed E-state index contributed by atoms with van der Waals surface area (Å²) in [7, 11) is 3.04. The summed E-state index contributed by atoms with van der Waals surface area (Å²) in [5.74, 6) is 0.362. The zero-order valence-corrected chi connectivity index (χ0v) is 15.1. The summed E-state index contributed by atoms with van der Waals surface area (Å²) < 4.78 is 23.4. The van der Waals surface area contributed by atoms with Gasteiger partial charge in [0.1, 0.15) is 23.9 Å². The van der Waals surface area contributed by atoms with Gasteiger partial charge in [0.15, 0.2) is 0 Å². The summed E-state index contributed by atoms with van der Waals surface area (Å²) in [6.07, 6.45) is 0. The molecule has 3 rings (SSSR count). The van der Waals surface area contributed by atoms with E-state index in [2.05, 4.69) is 5.32 Å². The highest BCUT2D eigenvalue weighted by atomic mass is 19.1. The number of amides is 3. The third kappa shape index (κ3) is 4.11. The number of carbonyl (C=O) groups excluding carboxylic acids is 2. The van der Waals surface area contributed by atoms with Crippen molar-refractivity contribution in [1.29, 1.82) is 0 Å². The molecule has 2 aromatic rings. The summed E-state index contributed by atoms with van der Waals surface area (Å²) in [6.45, 7) is 0.749. The van der Waals surface area contributed by atoms with Crippen molar-refractivity contribution in [2.24, 2.45) is 0 Å². The second kappa shape index (κ2) is 7.94. The number of halogens is 1. The van der Waals surface area contributed by atoms with Gasteiger partial charge in [-0.1, -0.05) is 0 Å². The largest absolute Gasteiger partial charge is 0.497 e. The highest BCUT2D eigenvalue weighted by Crippen LogP contribution is 2.29. The highest BCUT2D eigenvalue weighted by Gasteiger charge is 2.31. The number of rotatable bonds is 6. The molecule has 27 heavy (non-hydrogen) atoms. The second-order valence-corrected chi connectivity index (χ2v) is 5.95. The van der Waals surface area contributed by atoms with Gasteiger partial charge in [0.2, 0.25) is 5.91 Å². The van der Waals surface area contributed by atoms with Gasteiger partial charge in [-0.2, -0.15) is 0 Å². The monoisotopic (exact) mass is 373 g/mol. The molecule has 1 saturated heterocycles. The maximum atomic E-state index is 13.1.